The molecule has 18 heteroatoms. The highest BCUT2D eigenvalue weighted by Crippen LogP contribution is 2.45. The van der Waals surface area contributed by atoms with Crippen LogP contribution < -0.4 is 19.9 Å². The number of benzene rings is 3. The van der Waals surface area contributed by atoms with Crippen LogP contribution in [0.1, 0.15) is 113 Å². The first-order chi connectivity index (χ1) is 38.4. The maximum absolute atomic E-state index is 17.5. The molecule has 6 atom stereocenters. The average Bonchev–Trinajstić information content (AvgIpc) is 4.15. The van der Waals surface area contributed by atoms with Gasteiger partial charge < -0.3 is 28.9 Å². The minimum Gasteiger partial charge on any atom is -0.461 e. The molecule has 3 aromatic heterocycles. The van der Waals surface area contributed by atoms with Gasteiger partial charge in [-0.05, 0) is 138 Å². The number of hydrogen-bond donors (Lipinski definition) is 1. The smallest absolute Gasteiger partial charge is 0.410 e. The summed E-state index contributed by atoms with van der Waals surface area (Å²) in [6.07, 6.45) is 17.4. The van der Waals surface area contributed by atoms with E-state index in [1.165, 1.54) is 6.07 Å². The molecule has 0 bridgehead atoms. The summed E-state index contributed by atoms with van der Waals surface area (Å²) >= 11 is 0. The molecule has 16 nitrogen and oxygen atoms in total. The third-order valence-electron chi connectivity index (χ3n) is 18.8. The van der Waals surface area contributed by atoms with Gasteiger partial charge in [0.1, 0.15) is 36.1 Å². The second-order valence-corrected chi connectivity index (χ2v) is 23.5. The van der Waals surface area contributed by atoms with Crippen LogP contribution in [0.2, 0.25) is 0 Å². The Morgan fingerprint density at radius 1 is 0.924 bits per heavy atom. The number of imide groups is 1. The Morgan fingerprint density at radius 2 is 1.78 bits per heavy atom. The second kappa shape index (κ2) is 20.9. The van der Waals surface area contributed by atoms with Gasteiger partial charge in [-0.1, -0.05) is 30.2 Å². The number of likely N-dealkylation sites (tertiary alicyclic amines) is 1. The summed E-state index contributed by atoms with van der Waals surface area (Å²) in [6, 6.07) is 15.0. The zero-order chi connectivity index (χ0) is 54.1. The minimum absolute atomic E-state index is 0.00462. The first-order valence-electron chi connectivity index (χ1n) is 28.7. The number of nitrogens with zero attached hydrogens (tertiary/aromatic N) is 9. The molecule has 0 saturated carbocycles. The molecule has 7 aliphatic rings. The number of amides is 3. The Kier molecular flexibility index (Phi) is 13.6. The monoisotopic (exact) mass is 1070 g/mol. The number of terminal acetylenes is 1. The van der Waals surface area contributed by atoms with Crippen LogP contribution in [-0.4, -0.2) is 135 Å². The SMILES string of the molecule is C#Cc1c(F)ccc2cccc(-c3nc4c5c(nc(OC[C@@]67CCCN6[C@H](COC(=O)N6CC[C@H](CC8CCN(c9ccc%10c(C%11CCC(=O)NC%11=O)nn(C)c%10c9)CC8)C[C@@H]6C)CC7)nc5c3F)N3CCCOC[C@@H]3CC4)c12. The van der Waals surface area contributed by atoms with Crippen molar-refractivity contribution in [2.75, 3.05) is 69.0 Å². The zero-order valence-electron chi connectivity index (χ0n) is 45.2. The molecule has 412 valence electrons. The van der Waals surface area contributed by atoms with Crippen LogP contribution in [0.5, 0.6) is 6.01 Å². The molecule has 1 unspecified atom stereocenters. The summed E-state index contributed by atoms with van der Waals surface area (Å²) in [4.78, 5) is 62.3. The number of rotatable bonds is 10. The van der Waals surface area contributed by atoms with Gasteiger partial charge in [-0.15, -0.1) is 6.42 Å². The second-order valence-electron chi connectivity index (χ2n) is 23.5. The largest absolute Gasteiger partial charge is 0.461 e. The summed E-state index contributed by atoms with van der Waals surface area (Å²) < 4.78 is 53.4. The van der Waals surface area contributed by atoms with Crippen LogP contribution in [0.3, 0.4) is 0 Å². The highest BCUT2D eigenvalue weighted by Gasteiger charge is 2.50. The van der Waals surface area contributed by atoms with Crippen LogP contribution >= 0.6 is 0 Å². The summed E-state index contributed by atoms with van der Waals surface area (Å²) in [7, 11) is 1.91. The number of pyridine rings is 1. The predicted octanol–water partition coefficient (Wildman–Crippen LogP) is 8.97. The van der Waals surface area contributed by atoms with Gasteiger partial charge >= 0.3 is 12.1 Å². The fourth-order valence-electron chi connectivity index (χ4n) is 14.8. The van der Waals surface area contributed by atoms with Crippen molar-refractivity contribution in [3.63, 3.8) is 0 Å². The first-order valence-corrected chi connectivity index (χ1v) is 28.7. The van der Waals surface area contributed by atoms with E-state index in [4.69, 9.17) is 40.7 Å². The molecule has 6 aromatic rings. The Balaban J connectivity index is 0.642. The third kappa shape index (κ3) is 9.37. The van der Waals surface area contributed by atoms with Crippen molar-refractivity contribution < 1.29 is 37.4 Å². The van der Waals surface area contributed by atoms with Gasteiger partial charge in [0.15, 0.2) is 5.82 Å². The van der Waals surface area contributed by atoms with E-state index in [0.29, 0.717) is 104 Å². The zero-order valence-corrected chi connectivity index (χ0v) is 45.2. The highest BCUT2D eigenvalue weighted by atomic mass is 19.1. The van der Waals surface area contributed by atoms with E-state index in [-0.39, 0.29) is 64.4 Å². The third-order valence-corrected chi connectivity index (χ3v) is 18.8. The number of anilines is 2. The van der Waals surface area contributed by atoms with Gasteiger partial charge in [0.2, 0.25) is 11.8 Å². The van der Waals surface area contributed by atoms with Crippen molar-refractivity contribution in [2.24, 2.45) is 18.9 Å². The molecule has 79 heavy (non-hydrogen) atoms. The Hall–Kier alpha value is -6.97. The molecule has 7 aliphatic heterocycles. The van der Waals surface area contributed by atoms with Gasteiger partial charge in [-0.3, -0.25) is 24.5 Å². The van der Waals surface area contributed by atoms with Gasteiger partial charge in [0.25, 0.3) is 0 Å². The molecule has 3 amide bonds. The molecule has 0 spiro atoms. The molecule has 6 fully saturated rings. The van der Waals surface area contributed by atoms with Crippen LogP contribution in [0.4, 0.5) is 25.1 Å². The number of carbonyl (C=O) groups excluding carboxylic acids is 3. The predicted molar refractivity (Wildman–Crippen MR) is 296 cm³/mol. The number of halogens is 2. The van der Waals surface area contributed by atoms with E-state index in [0.717, 1.165) is 113 Å². The van der Waals surface area contributed by atoms with E-state index in [1.807, 2.05) is 22.7 Å². The number of fused-ring (bicyclic) bond motifs is 5. The first kappa shape index (κ1) is 51.5. The van der Waals surface area contributed by atoms with Gasteiger partial charge in [0.05, 0.1) is 52.0 Å². The van der Waals surface area contributed by atoms with E-state index < -0.39 is 17.6 Å². The molecule has 10 heterocycles. The molecular weight excluding hydrogens is 1010 g/mol. The topological polar surface area (TPSA) is 160 Å². The fraction of sp³-hybridized carbons (Fsp3) is 0.525. The summed E-state index contributed by atoms with van der Waals surface area (Å²) in [5.41, 5.74) is 3.86. The van der Waals surface area contributed by atoms with Crippen LogP contribution in [-0.2, 0) is 32.5 Å². The van der Waals surface area contributed by atoms with Crippen molar-refractivity contribution in [2.45, 2.75) is 126 Å². The van der Waals surface area contributed by atoms with E-state index in [2.05, 4.69) is 51.1 Å². The Morgan fingerprint density at radius 3 is 2.62 bits per heavy atom. The number of ether oxygens (including phenoxy) is 3. The molecule has 3 aromatic carbocycles. The summed E-state index contributed by atoms with van der Waals surface area (Å²) in [5.74, 6) is 2.15. The summed E-state index contributed by atoms with van der Waals surface area (Å²) in [6.45, 7) is 8.06. The molecule has 0 aliphatic carbocycles. The maximum Gasteiger partial charge on any atom is 0.410 e. The lowest BCUT2D eigenvalue weighted by molar-refractivity contribution is -0.134. The van der Waals surface area contributed by atoms with E-state index in [9.17, 15) is 14.4 Å². The molecule has 6 saturated heterocycles. The van der Waals surface area contributed by atoms with Crippen LogP contribution in [0.15, 0.2) is 48.5 Å². The number of hydrogen-bond acceptors (Lipinski definition) is 13. The number of nitrogens with one attached hydrogen (secondary N) is 1. The number of piperidine rings is 3. The van der Waals surface area contributed by atoms with E-state index >= 15 is 8.78 Å². The lowest BCUT2D eigenvalue weighted by Crippen LogP contribution is -2.49. The van der Waals surface area contributed by atoms with Gasteiger partial charge in [-0.2, -0.15) is 15.1 Å². The van der Waals surface area contributed by atoms with Gasteiger partial charge in [-0.25, -0.2) is 18.6 Å². The van der Waals surface area contributed by atoms with Crippen molar-refractivity contribution >= 4 is 62.0 Å². The molecule has 13 rings (SSSR count). The Labute approximate surface area is 458 Å². The van der Waals surface area contributed by atoms with Crippen molar-refractivity contribution in [1.29, 1.82) is 0 Å². The van der Waals surface area contributed by atoms with Crippen LogP contribution in [0, 0.1) is 35.8 Å². The fourth-order valence-corrected chi connectivity index (χ4v) is 14.8. The minimum atomic E-state index is -0.641. The molecule has 1 N–H and O–H groups in total. The van der Waals surface area contributed by atoms with Crippen molar-refractivity contribution in [3.05, 3.63) is 77.1 Å². The number of aryl methyl sites for hydroxylation is 2. The van der Waals surface area contributed by atoms with Crippen molar-refractivity contribution in [1.82, 2.24) is 39.8 Å². The molecular formula is C61H68F2N10O6. The van der Waals surface area contributed by atoms with Crippen LogP contribution in [0.25, 0.3) is 43.8 Å². The lowest BCUT2D eigenvalue weighted by Gasteiger charge is -2.40. The Bertz CT molecular complexity index is 3450. The van der Waals surface area contributed by atoms with Crippen molar-refractivity contribution in [3.8, 4) is 29.6 Å². The van der Waals surface area contributed by atoms with Gasteiger partial charge in [0, 0.05) is 80.4 Å². The molecule has 0 radical (unpaired) electrons. The lowest BCUT2D eigenvalue weighted by atomic mass is 9.81. The number of aromatic nitrogens is 5. The number of carbonyl (C=O) groups is 3. The highest BCUT2D eigenvalue weighted by molar-refractivity contribution is 6.04. The van der Waals surface area contributed by atoms with E-state index in [1.54, 1.807) is 18.2 Å². The standard InChI is InChI=1S/C61H68F2N10O6/c1-4-43-47(62)15-10-39-8-5-9-45(51(39)43)55-53(63)56-52-48(64-55)16-12-41-33-77-29-7-24-72(41)57(52)67-59(66-56)79-35-61-22-6-25-73(61)42(18-23-61)34-78-60(76)71-28-21-38(30-36(71)2)31-37-19-26-70(27-20-37)40-11-13-44-49(32-40)69(3)68-54(44)46-14-17-50(74)65-58(46)75/h1,5,8-11,13,15,32,36-38,41-42,46H,6-7,12,14,16-31,33-35H2,2-3H3,(H,65,74,75)/t36-,38-,41-,42-,46?,61-/m0/s1. The normalized spacial score (nSPS) is 25.8. The quantitative estimate of drug-likeness (QED) is 0.102. The summed E-state index contributed by atoms with van der Waals surface area (Å²) in [5, 5.41) is 9.84. The maximum atomic E-state index is 17.5. The average molecular weight is 1080 g/mol.